The van der Waals surface area contributed by atoms with Crippen molar-refractivity contribution >= 4 is 11.6 Å². The van der Waals surface area contributed by atoms with Crippen LogP contribution in [0.5, 0.6) is 0 Å². The number of hydrogen-bond donors (Lipinski definition) is 1. The van der Waals surface area contributed by atoms with Gasteiger partial charge in [-0.05, 0) is 20.8 Å². The van der Waals surface area contributed by atoms with Crippen LogP contribution in [0.4, 0.5) is 0 Å². The molecule has 1 amide bonds. The zero-order valence-electron chi connectivity index (χ0n) is 14.1. The van der Waals surface area contributed by atoms with E-state index in [-0.39, 0.29) is 17.9 Å². The highest BCUT2D eigenvalue weighted by Gasteiger charge is 2.17. The summed E-state index contributed by atoms with van der Waals surface area (Å²) in [6.07, 6.45) is 0.203. The molecule has 1 N–H and O–H groups in total. The van der Waals surface area contributed by atoms with Gasteiger partial charge in [0, 0.05) is 36.1 Å². The monoisotopic (exact) mass is 329 g/mol. The molecule has 0 saturated heterocycles. The number of aromatic nitrogens is 4. The van der Waals surface area contributed by atoms with Crippen LogP contribution in [0, 0.1) is 20.8 Å². The van der Waals surface area contributed by atoms with Crippen molar-refractivity contribution in [2.45, 2.75) is 33.7 Å². The van der Waals surface area contributed by atoms with Crippen molar-refractivity contribution in [1.82, 2.24) is 24.7 Å². The van der Waals surface area contributed by atoms with Crippen LogP contribution in [-0.4, -0.2) is 37.6 Å². The number of carbonyl (C=O) groups is 1. The fourth-order valence-electron chi connectivity index (χ4n) is 2.72. The molecule has 0 radical (unpaired) electrons. The average Bonchev–Trinajstić information content (AvgIpc) is 3.08. The molecule has 126 valence electrons. The van der Waals surface area contributed by atoms with E-state index in [0.29, 0.717) is 23.6 Å². The van der Waals surface area contributed by atoms with E-state index in [0.717, 1.165) is 17.0 Å². The second-order valence-electron chi connectivity index (χ2n) is 5.93. The molecule has 3 aromatic heterocycles. The Morgan fingerprint density at radius 2 is 2.08 bits per heavy atom. The molecule has 8 heteroatoms. The number of fused-ring (bicyclic) bond motifs is 1. The van der Waals surface area contributed by atoms with Crippen LogP contribution in [0.1, 0.15) is 28.4 Å². The third kappa shape index (κ3) is 2.94. The predicted octanol–water partition coefficient (Wildman–Crippen LogP) is 1.14. The van der Waals surface area contributed by atoms with E-state index < -0.39 is 0 Å². The van der Waals surface area contributed by atoms with Gasteiger partial charge in [0.15, 0.2) is 5.65 Å². The summed E-state index contributed by atoms with van der Waals surface area (Å²) in [5, 5.41) is 6.59. The van der Waals surface area contributed by atoms with Gasteiger partial charge in [-0.1, -0.05) is 5.16 Å². The molecule has 0 aliphatic rings. The molecule has 0 spiro atoms. The van der Waals surface area contributed by atoms with Gasteiger partial charge in [-0.3, -0.25) is 14.7 Å². The van der Waals surface area contributed by atoms with Crippen molar-refractivity contribution in [2.75, 3.05) is 7.05 Å². The Labute approximate surface area is 138 Å². The number of nitrogens with zero attached hydrogens (tertiary/aromatic N) is 4. The minimum atomic E-state index is -0.216. The molecule has 3 rings (SSSR count). The van der Waals surface area contributed by atoms with Gasteiger partial charge >= 0.3 is 0 Å². The zero-order chi connectivity index (χ0) is 17.4. The van der Waals surface area contributed by atoms with Crippen molar-refractivity contribution in [2.24, 2.45) is 0 Å². The van der Waals surface area contributed by atoms with Gasteiger partial charge in [0.2, 0.25) is 5.91 Å². The van der Waals surface area contributed by atoms with Crippen molar-refractivity contribution in [1.29, 1.82) is 0 Å². The topological polar surface area (TPSA) is 96.5 Å². The number of aryl methyl sites for hydroxylation is 3. The fraction of sp³-hybridized carbons (Fsp3) is 0.375. The second kappa shape index (κ2) is 5.95. The molecule has 0 aliphatic heterocycles. The smallest absolute Gasteiger partial charge is 0.266 e. The van der Waals surface area contributed by atoms with Gasteiger partial charge in [0.25, 0.3) is 5.56 Å². The molecule has 24 heavy (non-hydrogen) atoms. The van der Waals surface area contributed by atoms with Crippen LogP contribution in [-0.2, 0) is 17.8 Å². The van der Waals surface area contributed by atoms with Crippen molar-refractivity contribution in [3.63, 3.8) is 0 Å². The minimum Gasteiger partial charge on any atom is -0.361 e. The van der Waals surface area contributed by atoms with Gasteiger partial charge in [-0.2, -0.15) is 0 Å². The largest absolute Gasteiger partial charge is 0.361 e. The number of amides is 1. The molecule has 8 nitrogen and oxygen atoms in total. The molecule has 0 unspecified atom stereocenters. The molecule has 0 aliphatic carbocycles. The molecule has 3 heterocycles. The lowest BCUT2D eigenvalue weighted by molar-refractivity contribution is -0.129. The van der Waals surface area contributed by atoms with Gasteiger partial charge in [-0.25, -0.2) is 9.50 Å². The van der Waals surface area contributed by atoms with Crippen molar-refractivity contribution < 1.29 is 9.32 Å². The van der Waals surface area contributed by atoms with Crippen molar-refractivity contribution in [3.8, 4) is 0 Å². The lowest BCUT2D eigenvalue weighted by Gasteiger charge is -2.17. The fourth-order valence-corrected chi connectivity index (χ4v) is 2.72. The van der Waals surface area contributed by atoms with E-state index in [9.17, 15) is 9.59 Å². The molecule has 0 bridgehead atoms. The van der Waals surface area contributed by atoms with Crippen molar-refractivity contribution in [3.05, 3.63) is 50.9 Å². The highest BCUT2D eigenvalue weighted by molar-refractivity contribution is 5.79. The summed E-state index contributed by atoms with van der Waals surface area (Å²) in [6, 6.07) is 3.24. The number of hydrogen-bond acceptors (Lipinski definition) is 5. The predicted molar refractivity (Wildman–Crippen MR) is 86.7 cm³/mol. The summed E-state index contributed by atoms with van der Waals surface area (Å²) in [6.45, 7) is 5.89. The Bertz CT molecular complexity index is 966. The van der Waals surface area contributed by atoms with E-state index in [1.54, 1.807) is 22.5 Å². The molecule has 0 fully saturated rings. The molecular weight excluding hydrogens is 310 g/mol. The normalized spacial score (nSPS) is 11.2. The maximum Gasteiger partial charge on any atom is 0.266 e. The van der Waals surface area contributed by atoms with Crippen LogP contribution in [0.2, 0.25) is 0 Å². The highest BCUT2D eigenvalue weighted by atomic mass is 16.5. The number of aromatic amines is 1. The van der Waals surface area contributed by atoms with Crippen LogP contribution in [0.3, 0.4) is 0 Å². The van der Waals surface area contributed by atoms with Crippen LogP contribution in [0.25, 0.3) is 5.65 Å². The average molecular weight is 329 g/mol. The lowest BCUT2D eigenvalue weighted by atomic mass is 10.1. The van der Waals surface area contributed by atoms with Crippen LogP contribution < -0.4 is 5.56 Å². The summed E-state index contributed by atoms with van der Waals surface area (Å²) in [5.41, 5.74) is 3.40. The first-order chi connectivity index (χ1) is 11.3. The first-order valence-corrected chi connectivity index (χ1v) is 7.59. The maximum atomic E-state index is 12.5. The van der Waals surface area contributed by atoms with Gasteiger partial charge in [0.1, 0.15) is 11.5 Å². The quantitative estimate of drug-likeness (QED) is 0.774. The number of likely N-dealkylation sites (N-methyl/N-ethyl adjacent to an activating group) is 1. The Morgan fingerprint density at radius 1 is 1.33 bits per heavy atom. The zero-order valence-corrected chi connectivity index (χ0v) is 14.1. The van der Waals surface area contributed by atoms with Crippen LogP contribution in [0.15, 0.2) is 21.5 Å². The lowest BCUT2D eigenvalue weighted by Crippen LogP contribution is -2.28. The Balaban J connectivity index is 1.83. The molecule has 0 saturated carbocycles. The molecule has 0 aromatic carbocycles. The highest BCUT2D eigenvalue weighted by Crippen LogP contribution is 2.15. The van der Waals surface area contributed by atoms with Gasteiger partial charge in [0.05, 0.1) is 13.0 Å². The van der Waals surface area contributed by atoms with E-state index in [1.807, 2.05) is 20.8 Å². The number of nitrogens with one attached hydrogen (secondary N) is 1. The van der Waals surface area contributed by atoms with Gasteiger partial charge in [-0.15, -0.1) is 0 Å². The summed E-state index contributed by atoms with van der Waals surface area (Å²) >= 11 is 0. The SMILES string of the molecule is Cc1cc(CN(C)C(=O)Cc2c(C)nc3cc(=O)[nH]n3c2C)no1. The number of carbonyl (C=O) groups excluding carboxylic acids is 1. The maximum absolute atomic E-state index is 12.5. The third-order valence-corrected chi connectivity index (χ3v) is 4.03. The number of H-pyrrole nitrogens is 1. The van der Waals surface area contributed by atoms with E-state index in [2.05, 4.69) is 15.2 Å². The standard InChI is InChI=1S/C16H19N5O3/c1-9-5-12(19-24-9)8-20(4)16(23)6-13-10(2)17-14-7-15(22)18-21(14)11(13)3/h5,7H,6,8H2,1-4H3,(H,18,22). The van der Waals surface area contributed by atoms with E-state index >= 15 is 0 Å². The van der Waals surface area contributed by atoms with Gasteiger partial charge < -0.3 is 9.42 Å². The summed E-state index contributed by atoms with van der Waals surface area (Å²) in [5.74, 6) is 0.654. The first kappa shape index (κ1) is 16.0. The molecular formula is C16H19N5O3. The van der Waals surface area contributed by atoms with E-state index in [4.69, 9.17) is 4.52 Å². The second-order valence-corrected chi connectivity index (χ2v) is 5.93. The number of rotatable bonds is 4. The third-order valence-electron chi connectivity index (χ3n) is 4.03. The molecule has 0 atom stereocenters. The van der Waals surface area contributed by atoms with E-state index in [1.165, 1.54) is 6.07 Å². The Kier molecular flexibility index (Phi) is 3.96. The minimum absolute atomic E-state index is 0.0579. The summed E-state index contributed by atoms with van der Waals surface area (Å²) < 4.78 is 6.63. The Hall–Kier alpha value is -2.90. The summed E-state index contributed by atoms with van der Waals surface area (Å²) in [4.78, 5) is 30.0. The first-order valence-electron chi connectivity index (χ1n) is 7.59. The molecule has 3 aromatic rings. The summed E-state index contributed by atoms with van der Waals surface area (Å²) in [7, 11) is 1.72. The Morgan fingerprint density at radius 3 is 2.75 bits per heavy atom. The van der Waals surface area contributed by atoms with Crippen LogP contribution >= 0.6 is 0 Å².